The summed E-state index contributed by atoms with van der Waals surface area (Å²) in [6.07, 6.45) is 0. The summed E-state index contributed by atoms with van der Waals surface area (Å²) in [5, 5.41) is 0. The van der Waals surface area contributed by atoms with Gasteiger partial charge >= 0.3 is 7.25 Å². The molecular weight excluding hydrogens is 410 g/mol. The van der Waals surface area contributed by atoms with Crippen LogP contribution < -0.4 is 28.9 Å². The van der Waals surface area contributed by atoms with Gasteiger partial charge in [-0.15, -0.1) is 0 Å². The van der Waals surface area contributed by atoms with E-state index >= 15 is 0 Å². The van der Waals surface area contributed by atoms with Gasteiger partial charge in [-0.2, -0.15) is 0 Å². The first-order valence-corrected chi connectivity index (χ1v) is 8.15. The van der Waals surface area contributed by atoms with Gasteiger partial charge in [-0.1, -0.05) is 0 Å². The average Bonchev–Trinajstić information content (AvgIpc) is 2.43. The van der Waals surface area contributed by atoms with E-state index in [1.807, 2.05) is 0 Å². The molecule has 0 bridgehead atoms. The lowest BCUT2D eigenvalue weighted by Gasteiger charge is -2.34. The van der Waals surface area contributed by atoms with Crippen molar-refractivity contribution in [1.29, 1.82) is 0 Å². The fraction of sp³-hybridized carbons (Fsp3) is 1.00. The molecule has 0 rings (SSSR count). The molecule has 0 saturated carbocycles. The third-order valence-electron chi connectivity index (χ3n) is 4.18. The van der Waals surface area contributed by atoms with Crippen LogP contribution in [0.2, 0.25) is 0 Å². The van der Waals surface area contributed by atoms with Gasteiger partial charge in [0.15, 0.2) is 0 Å². The second kappa shape index (κ2) is 17.8. The van der Waals surface area contributed by atoms with Crippen LogP contribution >= 0.6 is 0 Å². The fourth-order valence-corrected chi connectivity index (χ4v) is 2.09. The maximum atomic E-state index is 9.75. The van der Waals surface area contributed by atoms with Crippen LogP contribution in [0.3, 0.4) is 0 Å². The molecular formula is C14H36BF4IN2. The van der Waals surface area contributed by atoms with Crippen molar-refractivity contribution in [2.24, 2.45) is 0 Å². The van der Waals surface area contributed by atoms with Crippen molar-refractivity contribution in [3.8, 4) is 0 Å². The highest BCUT2D eigenvalue weighted by molar-refractivity contribution is 6.50. The largest absolute Gasteiger partial charge is 1.00 e. The summed E-state index contributed by atoms with van der Waals surface area (Å²) in [7, 11) is -6.00. The number of halogens is 5. The minimum Gasteiger partial charge on any atom is -1.00 e. The summed E-state index contributed by atoms with van der Waals surface area (Å²) in [5.41, 5.74) is 0. The molecule has 0 heterocycles. The monoisotopic (exact) mass is 446 g/mol. The van der Waals surface area contributed by atoms with Crippen LogP contribution in [0.15, 0.2) is 0 Å². The number of nitrogens with one attached hydrogen (secondary N) is 1. The van der Waals surface area contributed by atoms with Crippen molar-refractivity contribution in [2.75, 3.05) is 45.8 Å². The second-order valence-electron chi connectivity index (χ2n) is 4.91. The second-order valence-corrected chi connectivity index (χ2v) is 4.91. The number of hydrogen-bond acceptors (Lipinski definition) is 0. The Kier molecular flexibility index (Phi) is 24.5. The Labute approximate surface area is 152 Å². The molecule has 140 valence electrons. The standard InChI is InChI=1S/C8H20N.C6H15N.BF4.HI/c1-5-9(6-2,7-3)8-4;1-4-7(5-2)6-3;2-1(3,4)5;/h5-8H2,1-4H3;4-6H2,1-3H3;;1H/q+1;;-1;. The van der Waals surface area contributed by atoms with E-state index in [1.54, 1.807) is 4.90 Å². The highest BCUT2D eigenvalue weighted by Crippen LogP contribution is 2.06. The van der Waals surface area contributed by atoms with Gasteiger partial charge < -0.3 is 50.6 Å². The summed E-state index contributed by atoms with van der Waals surface area (Å²) in [6, 6.07) is 0. The lowest BCUT2D eigenvalue weighted by atomic mass is 10.3. The molecule has 0 radical (unpaired) electrons. The molecule has 0 amide bonds. The normalized spacial score (nSPS) is 10.9. The first-order chi connectivity index (χ1) is 9.59. The van der Waals surface area contributed by atoms with E-state index < -0.39 is 7.25 Å². The Hall–Kier alpha value is 0.435. The molecule has 22 heavy (non-hydrogen) atoms. The topological polar surface area (TPSA) is 4.44 Å². The molecule has 0 aliphatic rings. The maximum absolute atomic E-state index is 9.75. The van der Waals surface area contributed by atoms with Crippen LogP contribution in [0, 0.1) is 0 Å². The summed E-state index contributed by atoms with van der Waals surface area (Å²) in [4.78, 5) is 1.68. The first kappa shape index (κ1) is 30.3. The van der Waals surface area contributed by atoms with Gasteiger partial charge in [-0.3, -0.25) is 0 Å². The number of quaternary nitrogens is 2. The Morgan fingerprint density at radius 1 is 0.636 bits per heavy atom. The fourth-order valence-electron chi connectivity index (χ4n) is 2.09. The quantitative estimate of drug-likeness (QED) is 0.246. The molecule has 0 aliphatic carbocycles. The van der Waals surface area contributed by atoms with Crippen molar-refractivity contribution in [2.45, 2.75) is 48.5 Å². The molecule has 8 heteroatoms. The molecule has 0 aromatic carbocycles. The lowest BCUT2D eigenvalue weighted by Crippen LogP contribution is -3.11. The molecule has 0 aliphatic heterocycles. The van der Waals surface area contributed by atoms with E-state index in [1.165, 1.54) is 50.3 Å². The van der Waals surface area contributed by atoms with Crippen molar-refractivity contribution in [3.63, 3.8) is 0 Å². The molecule has 0 spiro atoms. The summed E-state index contributed by atoms with van der Waals surface area (Å²) in [5.74, 6) is 0. The Bertz CT molecular complexity index is 182. The third-order valence-corrected chi connectivity index (χ3v) is 4.18. The van der Waals surface area contributed by atoms with E-state index in [9.17, 15) is 17.3 Å². The molecule has 0 saturated heterocycles. The van der Waals surface area contributed by atoms with Gasteiger partial charge in [0, 0.05) is 0 Å². The molecule has 0 unspecified atom stereocenters. The van der Waals surface area contributed by atoms with E-state index in [0.29, 0.717) is 0 Å². The zero-order chi connectivity index (χ0) is 17.5. The van der Waals surface area contributed by atoms with Crippen LogP contribution in [-0.2, 0) is 0 Å². The predicted octanol–water partition coefficient (Wildman–Crippen LogP) is 0.118. The Balaban J connectivity index is -0.000000113. The van der Waals surface area contributed by atoms with Crippen LogP contribution in [-0.4, -0.2) is 57.6 Å². The van der Waals surface area contributed by atoms with Gasteiger partial charge in [-0.05, 0) is 48.5 Å². The van der Waals surface area contributed by atoms with Crippen molar-refractivity contribution < 1.29 is 50.6 Å². The van der Waals surface area contributed by atoms with Gasteiger partial charge in [0.05, 0.1) is 45.8 Å². The molecule has 0 aromatic heterocycles. The number of hydrogen-bond donors (Lipinski definition) is 1. The van der Waals surface area contributed by atoms with Crippen molar-refractivity contribution in [3.05, 3.63) is 0 Å². The SMILES string of the molecule is CC[N+](CC)(CC)CC.CC[NH+](CC)CC.F[B-](F)(F)F.[I-]. The first-order valence-electron chi connectivity index (χ1n) is 8.15. The van der Waals surface area contributed by atoms with Crippen molar-refractivity contribution in [1.82, 2.24) is 0 Å². The minimum atomic E-state index is -6.00. The van der Waals surface area contributed by atoms with Gasteiger partial charge in [0.2, 0.25) is 0 Å². The third kappa shape index (κ3) is 22.7. The molecule has 0 aromatic rings. The smallest absolute Gasteiger partial charge is 0.673 e. The van der Waals surface area contributed by atoms with E-state index in [-0.39, 0.29) is 24.0 Å². The number of rotatable bonds is 7. The number of nitrogens with zero attached hydrogens (tertiary/aromatic N) is 1. The van der Waals surface area contributed by atoms with Crippen LogP contribution in [0.25, 0.3) is 0 Å². The summed E-state index contributed by atoms with van der Waals surface area (Å²) < 4.78 is 40.3. The van der Waals surface area contributed by atoms with E-state index in [4.69, 9.17) is 0 Å². The van der Waals surface area contributed by atoms with Crippen molar-refractivity contribution >= 4 is 7.25 Å². The zero-order valence-corrected chi connectivity index (χ0v) is 17.5. The highest BCUT2D eigenvalue weighted by Gasteiger charge is 2.20. The molecule has 0 atom stereocenters. The van der Waals surface area contributed by atoms with Gasteiger partial charge in [0.25, 0.3) is 0 Å². The average molecular weight is 446 g/mol. The van der Waals surface area contributed by atoms with E-state index in [2.05, 4.69) is 48.5 Å². The Morgan fingerprint density at radius 3 is 0.818 bits per heavy atom. The summed E-state index contributed by atoms with van der Waals surface area (Å²) in [6.45, 7) is 24.7. The Morgan fingerprint density at radius 2 is 0.818 bits per heavy atom. The maximum Gasteiger partial charge on any atom is 0.673 e. The minimum absolute atomic E-state index is 0. The zero-order valence-electron chi connectivity index (χ0n) is 15.4. The van der Waals surface area contributed by atoms with Crippen LogP contribution in [0.1, 0.15) is 48.5 Å². The van der Waals surface area contributed by atoms with Gasteiger partial charge in [-0.25, -0.2) is 0 Å². The van der Waals surface area contributed by atoms with Gasteiger partial charge in [0.1, 0.15) is 0 Å². The van der Waals surface area contributed by atoms with Crippen LogP contribution in [0.4, 0.5) is 17.3 Å². The van der Waals surface area contributed by atoms with E-state index in [0.717, 1.165) is 0 Å². The lowest BCUT2D eigenvalue weighted by molar-refractivity contribution is -0.921. The summed E-state index contributed by atoms with van der Waals surface area (Å²) >= 11 is 0. The predicted molar refractivity (Wildman–Crippen MR) is 85.2 cm³/mol. The highest BCUT2D eigenvalue weighted by atomic mass is 127. The van der Waals surface area contributed by atoms with Crippen LogP contribution in [0.5, 0.6) is 0 Å². The molecule has 2 nitrogen and oxygen atoms in total. The molecule has 0 fully saturated rings. The molecule has 1 N–H and O–H groups in total.